The van der Waals surface area contributed by atoms with Crippen molar-refractivity contribution >= 4 is 46.5 Å². The Bertz CT molecular complexity index is 1340. The van der Waals surface area contributed by atoms with Crippen LogP contribution in [-0.2, 0) is 18.6 Å². The van der Waals surface area contributed by atoms with Crippen LogP contribution < -0.4 is 10.1 Å². The van der Waals surface area contributed by atoms with E-state index in [-0.39, 0.29) is 23.6 Å². The molecular formula is C26H24Cl3N3O3. The van der Waals surface area contributed by atoms with Crippen LogP contribution in [0.25, 0.3) is 0 Å². The molecule has 0 saturated carbocycles. The highest BCUT2D eigenvalue weighted by Gasteiger charge is 2.17. The van der Waals surface area contributed by atoms with Gasteiger partial charge in [-0.2, -0.15) is 5.10 Å². The van der Waals surface area contributed by atoms with Gasteiger partial charge in [-0.25, -0.2) is 0 Å². The third-order valence-electron chi connectivity index (χ3n) is 5.26. The summed E-state index contributed by atoms with van der Waals surface area (Å²) in [6.45, 7) is 7.08. The molecule has 0 aliphatic rings. The van der Waals surface area contributed by atoms with Crippen molar-refractivity contribution in [3.05, 3.63) is 98.5 Å². The number of anilines is 1. The number of nitrogens with zero attached hydrogens (tertiary/aromatic N) is 2. The van der Waals surface area contributed by atoms with Gasteiger partial charge in [-0.05, 0) is 52.9 Å². The number of furan rings is 1. The first kappa shape index (κ1) is 25.2. The molecule has 0 atom stereocenters. The van der Waals surface area contributed by atoms with Crippen molar-refractivity contribution in [2.45, 2.75) is 39.3 Å². The number of benzene rings is 2. The Kier molecular flexibility index (Phi) is 7.45. The summed E-state index contributed by atoms with van der Waals surface area (Å²) < 4.78 is 13.0. The van der Waals surface area contributed by atoms with E-state index in [2.05, 4.69) is 31.2 Å². The van der Waals surface area contributed by atoms with Crippen LogP contribution in [-0.4, -0.2) is 15.7 Å². The standard InChI is InChI=1S/C26H24Cl3N3O3/c1-26(2,3)17-5-7-18(8-6-17)34-15-19-9-11-23(35-19)25(33)30-24-22(29)14-32(31-24)13-16-4-10-20(27)21(28)12-16/h4-12,14H,13,15H2,1-3H3,(H,30,31,33). The van der Waals surface area contributed by atoms with E-state index in [0.29, 0.717) is 27.4 Å². The second-order valence-corrected chi connectivity index (χ2v) is 10.3. The zero-order chi connectivity index (χ0) is 25.2. The number of ether oxygens (including phenoxy) is 1. The Morgan fingerprint density at radius 2 is 1.74 bits per heavy atom. The first-order chi connectivity index (χ1) is 16.6. The largest absolute Gasteiger partial charge is 0.486 e. The highest BCUT2D eigenvalue weighted by atomic mass is 35.5. The van der Waals surface area contributed by atoms with Gasteiger partial charge in [-0.15, -0.1) is 0 Å². The molecule has 0 fully saturated rings. The average Bonchev–Trinajstić information content (AvgIpc) is 3.41. The van der Waals surface area contributed by atoms with Crippen LogP contribution in [0.2, 0.25) is 15.1 Å². The first-order valence-corrected chi connectivity index (χ1v) is 12.0. The summed E-state index contributed by atoms with van der Waals surface area (Å²) in [5.74, 6) is 1.13. The minimum Gasteiger partial charge on any atom is -0.486 e. The Morgan fingerprint density at radius 1 is 1.00 bits per heavy atom. The molecule has 0 unspecified atom stereocenters. The maximum atomic E-state index is 12.6. The minimum absolute atomic E-state index is 0.0735. The summed E-state index contributed by atoms with van der Waals surface area (Å²) in [6, 6.07) is 16.5. The maximum absolute atomic E-state index is 12.6. The Hall–Kier alpha value is -2.93. The number of aromatic nitrogens is 2. The van der Waals surface area contributed by atoms with Crippen LogP contribution in [0.4, 0.5) is 5.82 Å². The first-order valence-electron chi connectivity index (χ1n) is 10.9. The Balaban J connectivity index is 1.35. The lowest BCUT2D eigenvalue weighted by Crippen LogP contribution is -2.12. The van der Waals surface area contributed by atoms with E-state index in [1.807, 2.05) is 30.3 Å². The molecule has 0 aliphatic carbocycles. The number of halogens is 3. The quantitative estimate of drug-likeness (QED) is 0.266. The van der Waals surface area contributed by atoms with Crippen LogP contribution in [0.15, 0.2) is 65.2 Å². The lowest BCUT2D eigenvalue weighted by Gasteiger charge is -2.19. The monoisotopic (exact) mass is 531 g/mol. The van der Waals surface area contributed by atoms with E-state index in [9.17, 15) is 4.79 Å². The second-order valence-electron chi connectivity index (χ2n) is 9.05. The molecular weight excluding hydrogens is 509 g/mol. The predicted octanol–water partition coefficient (Wildman–Crippen LogP) is 7.61. The molecule has 0 spiro atoms. The lowest BCUT2D eigenvalue weighted by molar-refractivity contribution is 0.0992. The van der Waals surface area contributed by atoms with Crippen LogP contribution in [0, 0.1) is 0 Å². The van der Waals surface area contributed by atoms with Gasteiger partial charge in [0.2, 0.25) is 0 Å². The molecule has 35 heavy (non-hydrogen) atoms. The predicted molar refractivity (Wildman–Crippen MR) is 139 cm³/mol. The number of nitrogens with one attached hydrogen (secondary N) is 1. The third-order valence-corrected chi connectivity index (χ3v) is 6.28. The molecule has 0 bridgehead atoms. The fourth-order valence-corrected chi connectivity index (χ4v) is 3.86. The summed E-state index contributed by atoms with van der Waals surface area (Å²) in [4.78, 5) is 12.6. The average molecular weight is 533 g/mol. The molecule has 0 saturated heterocycles. The lowest BCUT2D eigenvalue weighted by atomic mass is 9.87. The van der Waals surface area contributed by atoms with E-state index >= 15 is 0 Å². The van der Waals surface area contributed by atoms with E-state index in [4.69, 9.17) is 44.0 Å². The van der Waals surface area contributed by atoms with Gasteiger partial charge in [0, 0.05) is 6.20 Å². The summed E-state index contributed by atoms with van der Waals surface area (Å²) in [6.07, 6.45) is 1.62. The number of amides is 1. The van der Waals surface area contributed by atoms with E-state index < -0.39 is 5.91 Å². The second kappa shape index (κ2) is 10.4. The highest BCUT2D eigenvalue weighted by molar-refractivity contribution is 6.42. The van der Waals surface area contributed by atoms with Crippen molar-refractivity contribution in [3.63, 3.8) is 0 Å². The fourth-order valence-electron chi connectivity index (χ4n) is 3.34. The molecule has 9 heteroatoms. The van der Waals surface area contributed by atoms with Crippen LogP contribution in [0.3, 0.4) is 0 Å². The molecule has 4 aromatic rings. The van der Waals surface area contributed by atoms with Crippen LogP contribution in [0.1, 0.15) is 48.2 Å². The highest BCUT2D eigenvalue weighted by Crippen LogP contribution is 2.26. The van der Waals surface area contributed by atoms with Gasteiger partial charge in [-0.3, -0.25) is 9.48 Å². The van der Waals surface area contributed by atoms with Gasteiger partial charge >= 0.3 is 0 Å². The number of rotatable bonds is 7. The zero-order valence-corrected chi connectivity index (χ0v) is 21.7. The third kappa shape index (κ3) is 6.40. The van der Waals surface area contributed by atoms with Gasteiger partial charge in [0.25, 0.3) is 5.91 Å². The molecule has 2 heterocycles. The summed E-state index contributed by atoms with van der Waals surface area (Å²) in [7, 11) is 0. The van der Waals surface area contributed by atoms with Gasteiger partial charge in [-0.1, -0.05) is 73.8 Å². The van der Waals surface area contributed by atoms with Crippen molar-refractivity contribution in [1.29, 1.82) is 0 Å². The summed E-state index contributed by atoms with van der Waals surface area (Å²) in [5.41, 5.74) is 2.18. The van der Waals surface area contributed by atoms with Crippen LogP contribution >= 0.6 is 34.8 Å². The number of carbonyl (C=O) groups excluding carboxylic acids is 1. The molecule has 1 amide bonds. The number of hydrogen-bond acceptors (Lipinski definition) is 4. The van der Waals surface area contributed by atoms with Gasteiger partial charge in [0.05, 0.1) is 16.6 Å². The van der Waals surface area contributed by atoms with Gasteiger partial charge < -0.3 is 14.5 Å². The summed E-state index contributed by atoms with van der Waals surface area (Å²) >= 11 is 18.3. The molecule has 0 radical (unpaired) electrons. The van der Waals surface area contributed by atoms with Gasteiger partial charge in [0.15, 0.2) is 11.6 Å². The Labute approximate surface area is 218 Å². The molecule has 2 aromatic carbocycles. The minimum atomic E-state index is -0.465. The van der Waals surface area contributed by atoms with Gasteiger partial charge in [0.1, 0.15) is 23.1 Å². The molecule has 1 N–H and O–H groups in total. The zero-order valence-electron chi connectivity index (χ0n) is 19.4. The normalized spacial score (nSPS) is 11.5. The van der Waals surface area contributed by atoms with E-state index in [0.717, 1.165) is 11.3 Å². The van der Waals surface area contributed by atoms with Crippen molar-refractivity contribution in [3.8, 4) is 5.75 Å². The van der Waals surface area contributed by atoms with Crippen molar-refractivity contribution < 1.29 is 13.9 Å². The topological polar surface area (TPSA) is 69.3 Å². The maximum Gasteiger partial charge on any atom is 0.292 e. The number of carbonyl (C=O) groups is 1. The summed E-state index contributed by atoms with van der Waals surface area (Å²) in [5, 5.41) is 8.24. The van der Waals surface area contributed by atoms with Crippen LogP contribution in [0.5, 0.6) is 5.75 Å². The molecule has 4 rings (SSSR count). The fraction of sp³-hybridized carbons (Fsp3) is 0.231. The van der Waals surface area contributed by atoms with Crippen molar-refractivity contribution in [2.75, 3.05) is 5.32 Å². The van der Waals surface area contributed by atoms with E-state index in [1.54, 1.807) is 35.1 Å². The van der Waals surface area contributed by atoms with E-state index in [1.165, 1.54) is 5.56 Å². The SMILES string of the molecule is CC(C)(C)c1ccc(OCc2ccc(C(=O)Nc3nn(Cc4ccc(Cl)c(Cl)c4)cc3Cl)o2)cc1. The molecule has 182 valence electrons. The Morgan fingerprint density at radius 3 is 2.43 bits per heavy atom. The number of hydrogen-bond donors (Lipinski definition) is 1. The van der Waals surface area contributed by atoms with Crippen molar-refractivity contribution in [2.24, 2.45) is 0 Å². The molecule has 2 aromatic heterocycles. The molecule has 0 aliphatic heterocycles. The molecule has 6 nitrogen and oxygen atoms in total. The smallest absolute Gasteiger partial charge is 0.292 e. The van der Waals surface area contributed by atoms with Crippen molar-refractivity contribution in [1.82, 2.24) is 9.78 Å².